The van der Waals surface area contributed by atoms with Gasteiger partial charge in [0, 0.05) is 11.8 Å². The summed E-state index contributed by atoms with van der Waals surface area (Å²) in [6.45, 7) is 3.06. The number of rotatable bonds is 9. The van der Waals surface area contributed by atoms with Crippen molar-refractivity contribution in [3.05, 3.63) is 29.8 Å². The molecule has 1 aliphatic rings. The maximum atomic E-state index is 8.53. The average Bonchev–Trinajstić information content (AvgIpc) is 2.66. The summed E-state index contributed by atoms with van der Waals surface area (Å²) in [5.41, 5.74) is 1.41. The van der Waals surface area contributed by atoms with Crippen LogP contribution in [0.15, 0.2) is 24.3 Å². The lowest BCUT2D eigenvalue weighted by Crippen LogP contribution is -2.14. The highest BCUT2D eigenvalue weighted by Gasteiger charge is 2.19. The van der Waals surface area contributed by atoms with E-state index < -0.39 is 0 Å². The Bertz CT molecular complexity index is 579. The molecule has 0 aromatic heterocycles. The van der Waals surface area contributed by atoms with Gasteiger partial charge in [0.15, 0.2) is 6.07 Å². The van der Waals surface area contributed by atoms with Crippen LogP contribution in [0.4, 0.5) is 0 Å². The Morgan fingerprint density at radius 1 is 1.04 bits per heavy atom. The fraction of sp³-hybridized carbons (Fsp3) is 0.609. The molecule has 0 atom stereocenters. The summed E-state index contributed by atoms with van der Waals surface area (Å²) >= 11 is 0. The van der Waals surface area contributed by atoms with E-state index in [0.717, 1.165) is 44.0 Å². The summed E-state index contributed by atoms with van der Waals surface area (Å²) in [7, 11) is 0. The van der Waals surface area contributed by atoms with Crippen LogP contribution >= 0.6 is 0 Å². The topological polar surface area (TPSA) is 33.0 Å². The first-order chi connectivity index (χ1) is 12.3. The van der Waals surface area contributed by atoms with E-state index in [1.165, 1.54) is 44.1 Å². The fourth-order valence-corrected chi connectivity index (χ4v) is 3.57. The van der Waals surface area contributed by atoms with E-state index in [-0.39, 0.29) is 0 Å². The Morgan fingerprint density at radius 3 is 2.48 bits per heavy atom. The average molecular weight is 338 g/mol. The summed E-state index contributed by atoms with van der Waals surface area (Å²) < 4.78 is 5.81. The summed E-state index contributed by atoms with van der Waals surface area (Å²) in [6, 6.07) is 10.6. The second-order valence-electron chi connectivity index (χ2n) is 7.19. The molecule has 1 aliphatic carbocycles. The fourth-order valence-electron chi connectivity index (χ4n) is 3.57. The molecule has 2 nitrogen and oxygen atoms in total. The molecule has 1 aromatic rings. The third-order valence-corrected chi connectivity index (χ3v) is 5.21. The molecular formula is C23H31NO. The smallest absolute Gasteiger partial charge is 0.152 e. The Labute approximate surface area is 153 Å². The number of hydrogen-bond donors (Lipinski definition) is 0. The largest absolute Gasteiger partial charge is 0.494 e. The van der Waals surface area contributed by atoms with E-state index in [1.807, 2.05) is 6.07 Å². The quantitative estimate of drug-likeness (QED) is 0.414. The summed E-state index contributed by atoms with van der Waals surface area (Å²) in [5, 5.41) is 8.53. The molecule has 0 spiro atoms. The van der Waals surface area contributed by atoms with E-state index in [2.05, 4.69) is 43.0 Å². The maximum Gasteiger partial charge on any atom is 0.152 e. The van der Waals surface area contributed by atoms with Crippen molar-refractivity contribution in [3.63, 3.8) is 0 Å². The molecule has 0 bridgehead atoms. The van der Waals surface area contributed by atoms with Crippen LogP contribution in [0.25, 0.3) is 0 Å². The predicted octanol–water partition coefficient (Wildman–Crippen LogP) is 5.91. The van der Waals surface area contributed by atoms with E-state index in [4.69, 9.17) is 10.00 Å². The molecule has 0 aliphatic heterocycles. The van der Waals surface area contributed by atoms with E-state index >= 15 is 0 Å². The van der Waals surface area contributed by atoms with Gasteiger partial charge >= 0.3 is 0 Å². The summed E-state index contributed by atoms with van der Waals surface area (Å²) in [4.78, 5) is 0. The molecule has 1 aromatic carbocycles. The van der Waals surface area contributed by atoms with Gasteiger partial charge in [-0.25, -0.2) is 0 Å². The molecule has 2 heteroatoms. The van der Waals surface area contributed by atoms with Crippen molar-refractivity contribution in [2.24, 2.45) is 11.8 Å². The second kappa shape index (κ2) is 11.6. The third-order valence-electron chi connectivity index (χ3n) is 5.21. The molecule has 2 rings (SSSR count). The number of nitriles is 1. The monoisotopic (exact) mass is 337 g/mol. The highest BCUT2D eigenvalue weighted by Crippen LogP contribution is 2.31. The van der Waals surface area contributed by atoms with Crippen LogP contribution in [0, 0.1) is 35.0 Å². The third kappa shape index (κ3) is 7.66. The van der Waals surface area contributed by atoms with Gasteiger partial charge in [0.05, 0.1) is 6.61 Å². The highest BCUT2D eigenvalue weighted by atomic mass is 16.5. The minimum absolute atomic E-state index is 0.449. The molecule has 1 fully saturated rings. The molecule has 0 amide bonds. The van der Waals surface area contributed by atoms with Crippen LogP contribution in [0.5, 0.6) is 5.75 Å². The molecular weight excluding hydrogens is 306 g/mol. The maximum absolute atomic E-state index is 8.53. The zero-order valence-corrected chi connectivity index (χ0v) is 15.6. The van der Waals surface area contributed by atoms with Crippen LogP contribution in [0.1, 0.15) is 70.3 Å². The Hall–Kier alpha value is -1.93. The number of nitrogens with zero attached hydrogens (tertiary/aromatic N) is 1. The van der Waals surface area contributed by atoms with Crippen molar-refractivity contribution in [1.29, 1.82) is 5.26 Å². The predicted molar refractivity (Wildman–Crippen MR) is 103 cm³/mol. The van der Waals surface area contributed by atoms with E-state index in [9.17, 15) is 0 Å². The summed E-state index contributed by atoms with van der Waals surface area (Å²) in [6.07, 6.45) is 12.2. The van der Waals surface area contributed by atoms with E-state index in [1.54, 1.807) is 0 Å². The van der Waals surface area contributed by atoms with Gasteiger partial charge in [-0.15, -0.1) is 0 Å². The second-order valence-corrected chi connectivity index (χ2v) is 7.19. The molecule has 25 heavy (non-hydrogen) atoms. The minimum Gasteiger partial charge on any atom is -0.494 e. The molecule has 134 valence electrons. The molecule has 0 saturated heterocycles. The lowest BCUT2D eigenvalue weighted by atomic mass is 9.80. The highest BCUT2D eigenvalue weighted by molar-refractivity contribution is 5.27. The standard InChI is InChI=1S/C23H31NO/c1-2-3-4-5-19-25-23-16-14-22(15-17-23)13-12-21-10-8-20(9-11-21)7-6-18-24/h14-17,20-21H,2-5,8-13,19H2,1H3/t20-,21-. The zero-order chi connectivity index (χ0) is 17.7. The van der Waals surface area contributed by atoms with Crippen molar-refractivity contribution < 1.29 is 4.74 Å². The summed E-state index contributed by atoms with van der Waals surface area (Å²) in [5.74, 6) is 7.90. The molecule has 0 unspecified atom stereocenters. The van der Waals surface area contributed by atoms with Gasteiger partial charge in [-0.05, 0) is 68.6 Å². The SMILES string of the molecule is CCCCCCOc1ccc(CC[C@H]2CC[C@H](C#CC#N)CC2)cc1. The Balaban J connectivity index is 1.64. The number of ether oxygens (including phenoxy) is 1. The van der Waals surface area contributed by atoms with Crippen molar-refractivity contribution in [1.82, 2.24) is 0 Å². The van der Waals surface area contributed by atoms with Crippen LogP contribution in [-0.4, -0.2) is 6.61 Å². The Morgan fingerprint density at radius 2 is 1.80 bits per heavy atom. The van der Waals surface area contributed by atoms with Crippen LogP contribution in [0.2, 0.25) is 0 Å². The minimum atomic E-state index is 0.449. The van der Waals surface area contributed by atoms with Gasteiger partial charge in [-0.2, -0.15) is 5.26 Å². The van der Waals surface area contributed by atoms with Gasteiger partial charge in [0.1, 0.15) is 5.75 Å². The molecule has 0 radical (unpaired) electrons. The lowest BCUT2D eigenvalue weighted by Gasteiger charge is -2.25. The van der Waals surface area contributed by atoms with Crippen molar-refractivity contribution in [2.45, 2.75) is 71.1 Å². The molecule has 1 saturated carbocycles. The van der Waals surface area contributed by atoms with Crippen LogP contribution < -0.4 is 4.74 Å². The zero-order valence-electron chi connectivity index (χ0n) is 15.6. The van der Waals surface area contributed by atoms with Crippen molar-refractivity contribution >= 4 is 0 Å². The van der Waals surface area contributed by atoms with Crippen molar-refractivity contribution in [3.8, 4) is 23.7 Å². The molecule has 0 N–H and O–H groups in total. The number of unbranched alkanes of at least 4 members (excludes halogenated alkanes) is 3. The van der Waals surface area contributed by atoms with Gasteiger partial charge in [0.2, 0.25) is 0 Å². The van der Waals surface area contributed by atoms with E-state index in [0.29, 0.717) is 5.92 Å². The number of aryl methyl sites for hydroxylation is 1. The Kier molecular flexibility index (Phi) is 9.00. The normalized spacial score (nSPS) is 19.5. The van der Waals surface area contributed by atoms with Gasteiger partial charge in [0.25, 0.3) is 0 Å². The first-order valence-corrected chi connectivity index (χ1v) is 9.93. The van der Waals surface area contributed by atoms with Gasteiger partial charge in [-0.1, -0.05) is 44.2 Å². The lowest BCUT2D eigenvalue weighted by molar-refractivity contribution is 0.301. The van der Waals surface area contributed by atoms with Gasteiger partial charge in [-0.3, -0.25) is 0 Å². The van der Waals surface area contributed by atoms with Crippen LogP contribution in [-0.2, 0) is 6.42 Å². The molecule has 0 heterocycles. The first kappa shape index (κ1) is 19.4. The van der Waals surface area contributed by atoms with Gasteiger partial charge < -0.3 is 4.74 Å². The number of hydrogen-bond acceptors (Lipinski definition) is 2. The number of benzene rings is 1. The first-order valence-electron chi connectivity index (χ1n) is 9.93. The van der Waals surface area contributed by atoms with Crippen LogP contribution in [0.3, 0.4) is 0 Å². The van der Waals surface area contributed by atoms with Crippen molar-refractivity contribution in [2.75, 3.05) is 6.61 Å².